The number of methoxy groups -OCH3 is 2. The summed E-state index contributed by atoms with van der Waals surface area (Å²) in [7, 11) is 3.46. The van der Waals surface area contributed by atoms with Gasteiger partial charge in [0.2, 0.25) is 0 Å². The lowest BCUT2D eigenvalue weighted by Gasteiger charge is -2.12. The second-order valence-electron chi connectivity index (χ2n) is 5.79. The van der Waals surface area contributed by atoms with Gasteiger partial charge in [0.25, 0.3) is 0 Å². The second-order valence-corrected chi connectivity index (χ2v) is 5.79. The standard InChI is InChI=1S/C19H33N3O2.HI/c1-5-20-19(21-12-7-6-8-14-23-3)22-13-11-17-10-9-16(2)18(15-17)24-4;/h9-10,15H,5-8,11-14H2,1-4H3,(H2,20,21,22);1H. The molecule has 0 spiro atoms. The molecule has 0 heterocycles. The molecule has 5 nitrogen and oxygen atoms in total. The van der Waals surface area contributed by atoms with Gasteiger partial charge in [0, 0.05) is 33.4 Å². The van der Waals surface area contributed by atoms with E-state index in [2.05, 4.69) is 47.7 Å². The van der Waals surface area contributed by atoms with Gasteiger partial charge in [-0.15, -0.1) is 24.0 Å². The van der Waals surface area contributed by atoms with Crippen molar-refractivity contribution in [1.82, 2.24) is 10.6 Å². The third-order valence-corrected chi connectivity index (χ3v) is 3.80. The Kier molecular flexibility index (Phi) is 14.6. The Morgan fingerprint density at radius 2 is 1.92 bits per heavy atom. The fraction of sp³-hybridized carbons (Fsp3) is 0.632. The highest BCUT2D eigenvalue weighted by Gasteiger charge is 2.02. The first kappa shape index (κ1) is 24.0. The highest BCUT2D eigenvalue weighted by molar-refractivity contribution is 14.0. The fourth-order valence-electron chi connectivity index (χ4n) is 2.41. The lowest BCUT2D eigenvalue weighted by atomic mass is 10.1. The zero-order valence-electron chi connectivity index (χ0n) is 16.1. The van der Waals surface area contributed by atoms with Crippen molar-refractivity contribution in [2.75, 3.05) is 40.5 Å². The molecular formula is C19H34IN3O2. The number of rotatable bonds is 11. The van der Waals surface area contributed by atoms with Crippen molar-refractivity contribution in [1.29, 1.82) is 0 Å². The Balaban J connectivity index is 0.00000576. The van der Waals surface area contributed by atoms with Crippen LogP contribution >= 0.6 is 24.0 Å². The van der Waals surface area contributed by atoms with Crippen LogP contribution in [0.3, 0.4) is 0 Å². The van der Waals surface area contributed by atoms with Crippen LogP contribution in [0.5, 0.6) is 5.75 Å². The SMILES string of the molecule is CCNC(=NCCCCCOC)NCCc1ccc(C)c(OC)c1.I. The van der Waals surface area contributed by atoms with Crippen molar-refractivity contribution in [2.45, 2.75) is 39.5 Å². The summed E-state index contributed by atoms with van der Waals surface area (Å²) in [6.45, 7) is 7.54. The minimum absolute atomic E-state index is 0. The minimum Gasteiger partial charge on any atom is -0.496 e. The molecule has 1 aromatic rings. The van der Waals surface area contributed by atoms with Gasteiger partial charge in [-0.2, -0.15) is 0 Å². The van der Waals surface area contributed by atoms with E-state index in [-0.39, 0.29) is 24.0 Å². The largest absolute Gasteiger partial charge is 0.496 e. The Morgan fingerprint density at radius 1 is 1.12 bits per heavy atom. The first-order chi connectivity index (χ1) is 11.7. The summed E-state index contributed by atoms with van der Waals surface area (Å²) in [5.41, 5.74) is 2.43. The van der Waals surface area contributed by atoms with Gasteiger partial charge in [0.15, 0.2) is 5.96 Å². The number of guanidine groups is 1. The number of nitrogens with zero attached hydrogens (tertiary/aromatic N) is 1. The average Bonchev–Trinajstić information content (AvgIpc) is 2.59. The van der Waals surface area contributed by atoms with Crippen LogP contribution in [0.25, 0.3) is 0 Å². The molecule has 0 amide bonds. The second kappa shape index (κ2) is 15.3. The lowest BCUT2D eigenvalue weighted by Crippen LogP contribution is -2.38. The molecule has 0 fully saturated rings. The van der Waals surface area contributed by atoms with Gasteiger partial charge in [-0.3, -0.25) is 4.99 Å². The monoisotopic (exact) mass is 463 g/mol. The summed E-state index contributed by atoms with van der Waals surface area (Å²) in [6.07, 6.45) is 4.29. The normalized spacial score (nSPS) is 11.0. The van der Waals surface area contributed by atoms with E-state index in [4.69, 9.17) is 9.47 Å². The van der Waals surface area contributed by atoms with Crippen molar-refractivity contribution < 1.29 is 9.47 Å². The van der Waals surface area contributed by atoms with Gasteiger partial charge >= 0.3 is 0 Å². The zero-order valence-corrected chi connectivity index (χ0v) is 18.4. The van der Waals surface area contributed by atoms with E-state index in [0.29, 0.717) is 0 Å². The summed E-state index contributed by atoms with van der Waals surface area (Å²) in [4.78, 5) is 4.62. The van der Waals surface area contributed by atoms with Crippen LogP contribution in [0.1, 0.15) is 37.3 Å². The van der Waals surface area contributed by atoms with Crippen LogP contribution < -0.4 is 15.4 Å². The van der Waals surface area contributed by atoms with E-state index in [0.717, 1.165) is 69.2 Å². The van der Waals surface area contributed by atoms with E-state index in [9.17, 15) is 0 Å². The molecule has 144 valence electrons. The Bertz CT molecular complexity index is 496. The summed E-state index contributed by atoms with van der Waals surface area (Å²) in [5.74, 6) is 1.84. The van der Waals surface area contributed by atoms with Crippen LogP contribution in [-0.2, 0) is 11.2 Å². The highest BCUT2D eigenvalue weighted by atomic mass is 127. The maximum Gasteiger partial charge on any atom is 0.191 e. The maximum absolute atomic E-state index is 5.38. The number of aryl methyl sites for hydroxylation is 1. The van der Waals surface area contributed by atoms with E-state index < -0.39 is 0 Å². The molecule has 0 bridgehead atoms. The quantitative estimate of drug-likeness (QED) is 0.228. The molecule has 0 aliphatic heterocycles. The molecule has 6 heteroatoms. The van der Waals surface area contributed by atoms with Gasteiger partial charge in [-0.05, 0) is 56.7 Å². The predicted molar refractivity (Wildman–Crippen MR) is 117 cm³/mol. The fourth-order valence-corrected chi connectivity index (χ4v) is 2.41. The number of hydrogen-bond donors (Lipinski definition) is 2. The number of benzene rings is 1. The predicted octanol–water partition coefficient (Wildman–Crippen LogP) is 3.54. The molecule has 1 aromatic carbocycles. The molecule has 2 N–H and O–H groups in total. The summed E-state index contributed by atoms with van der Waals surface area (Å²) in [5, 5.41) is 6.69. The van der Waals surface area contributed by atoms with Crippen molar-refractivity contribution in [3.05, 3.63) is 29.3 Å². The van der Waals surface area contributed by atoms with Crippen LogP contribution in [0, 0.1) is 6.92 Å². The van der Waals surface area contributed by atoms with E-state index in [1.807, 2.05) is 0 Å². The van der Waals surface area contributed by atoms with Crippen LogP contribution in [0.2, 0.25) is 0 Å². The van der Waals surface area contributed by atoms with Crippen LogP contribution in [0.15, 0.2) is 23.2 Å². The number of aliphatic imine (C=N–C) groups is 1. The summed E-state index contributed by atoms with van der Waals surface area (Å²) in [6, 6.07) is 6.36. The molecule has 0 atom stereocenters. The Hall–Kier alpha value is -1.02. The van der Waals surface area contributed by atoms with E-state index in [1.165, 1.54) is 5.56 Å². The van der Waals surface area contributed by atoms with Gasteiger partial charge in [0.1, 0.15) is 5.75 Å². The van der Waals surface area contributed by atoms with Gasteiger partial charge in [0.05, 0.1) is 7.11 Å². The maximum atomic E-state index is 5.38. The topological polar surface area (TPSA) is 54.9 Å². The number of hydrogen-bond acceptors (Lipinski definition) is 3. The lowest BCUT2D eigenvalue weighted by molar-refractivity contribution is 0.192. The summed E-state index contributed by atoms with van der Waals surface area (Å²) < 4.78 is 10.4. The summed E-state index contributed by atoms with van der Waals surface area (Å²) >= 11 is 0. The molecule has 0 unspecified atom stereocenters. The van der Waals surface area contributed by atoms with Gasteiger partial charge in [-0.25, -0.2) is 0 Å². The molecular weight excluding hydrogens is 429 g/mol. The van der Waals surface area contributed by atoms with Crippen molar-refractivity contribution in [2.24, 2.45) is 4.99 Å². The first-order valence-corrected chi connectivity index (χ1v) is 8.85. The average molecular weight is 463 g/mol. The molecule has 0 aromatic heterocycles. The van der Waals surface area contributed by atoms with E-state index in [1.54, 1.807) is 14.2 Å². The smallest absolute Gasteiger partial charge is 0.191 e. The van der Waals surface area contributed by atoms with Gasteiger partial charge in [-0.1, -0.05) is 12.1 Å². The molecule has 25 heavy (non-hydrogen) atoms. The minimum atomic E-state index is 0. The molecule has 0 aliphatic carbocycles. The number of unbranched alkanes of at least 4 members (excludes halogenated alkanes) is 2. The van der Waals surface area contributed by atoms with Crippen LogP contribution in [0.4, 0.5) is 0 Å². The molecule has 0 saturated heterocycles. The zero-order chi connectivity index (χ0) is 17.6. The van der Waals surface area contributed by atoms with Crippen molar-refractivity contribution in [3.8, 4) is 5.75 Å². The number of ether oxygens (including phenoxy) is 2. The highest BCUT2D eigenvalue weighted by Crippen LogP contribution is 2.18. The molecule has 0 radical (unpaired) electrons. The van der Waals surface area contributed by atoms with Crippen LogP contribution in [-0.4, -0.2) is 46.4 Å². The third kappa shape index (κ3) is 10.5. The molecule has 0 aliphatic rings. The van der Waals surface area contributed by atoms with Crippen molar-refractivity contribution >= 4 is 29.9 Å². The first-order valence-electron chi connectivity index (χ1n) is 8.85. The third-order valence-electron chi connectivity index (χ3n) is 3.80. The Morgan fingerprint density at radius 3 is 2.60 bits per heavy atom. The van der Waals surface area contributed by atoms with Crippen molar-refractivity contribution in [3.63, 3.8) is 0 Å². The number of halogens is 1. The molecule has 0 saturated carbocycles. The van der Waals surface area contributed by atoms with E-state index >= 15 is 0 Å². The number of nitrogens with one attached hydrogen (secondary N) is 2. The van der Waals surface area contributed by atoms with Gasteiger partial charge < -0.3 is 20.1 Å². The Labute approximate surface area is 170 Å². The molecule has 1 rings (SSSR count).